The summed E-state index contributed by atoms with van der Waals surface area (Å²) >= 11 is 6.03. The summed E-state index contributed by atoms with van der Waals surface area (Å²) in [6.45, 7) is 6.14. The van der Waals surface area contributed by atoms with Crippen LogP contribution in [-0.2, 0) is 4.79 Å². The summed E-state index contributed by atoms with van der Waals surface area (Å²) in [6, 6.07) is 3.49. The minimum absolute atomic E-state index is 0.0995. The summed E-state index contributed by atoms with van der Waals surface area (Å²) < 4.78 is 5.23. The van der Waals surface area contributed by atoms with Crippen molar-refractivity contribution in [3.8, 4) is 5.75 Å². The van der Waals surface area contributed by atoms with Gasteiger partial charge in [-0.2, -0.15) is 0 Å². The molecule has 0 spiro atoms. The molecule has 1 rings (SSSR count). The van der Waals surface area contributed by atoms with Crippen LogP contribution < -0.4 is 15.8 Å². The second kappa shape index (κ2) is 6.78. The summed E-state index contributed by atoms with van der Waals surface area (Å²) in [6.07, 6.45) is 0. The molecule has 1 aromatic rings. The molecule has 0 fully saturated rings. The third-order valence-corrected chi connectivity index (χ3v) is 3.54. The number of carbonyl (C=O) groups excluding carboxylic acids is 1. The Kier molecular flexibility index (Phi) is 5.63. The topological polar surface area (TPSA) is 64.3 Å². The maximum absolute atomic E-state index is 12.2. The standard InChI is InChI=1S/C14H21ClN2O2/c1-8(2)10(7-16)14(18)17-12-5-9(3)11(15)6-13(12)19-4/h5-6,8,10H,7,16H2,1-4H3,(H,17,18). The van der Waals surface area contributed by atoms with Gasteiger partial charge in [0.2, 0.25) is 5.91 Å². The first-order chi connectivity index (χ1) is 8.90. The number of rotatable bonds is 5. The van der Waals surface area contributed by atoms with Crippen LogP contribution in [0.25, 0.3) is 0 Å². The van der Waals surface area contributed by atoms with Gasteiger partial charge in [-0.3, -0.25) is 4.79 Å². The van der Waals surface area contributed by atoms with Crippen molar-refractivity contribution in [2.45, 2.75) is 20.8 Å². The van der Waals surface area contributed by atoms with Gasteiger partial charge in [0.1, 0.15) is 5.75 Å². The van der Waals surface area contributed by atoms with Crippen molar-refractivity contribution in [2.75, 3.05) is 19.0 Å². The molecule has 0 aliphatic heterocycles. The number of hydrogen-bond donors (Lipinski definition) is 2. The van der Waals surface area contributed by atoms with Crippen LogP contribution in [0.1, 0.15) is 19.4 Å². The van der Waals surface area contributed by atoms with Crippen molar-refractivity contribution in [3.63, 3.8) is 0 Å². The van der Waals surface area contributed by atoms with Crippen molar-refractivity contribution in [3.05, 3.63) is 22.7 Å². The van der Waals surface area contributed by atoms with Crippen LogP contribution in [0.5, 0.6) is 5.75 Å². The van der Waals surface area contributed by atoms with E-state index in [1.165, 1.54) is 0 Å². The quantitative estimate of drug-likeness (QED) is 0.874. The number of amides is 1. The van der Waals surface area contributed by atoms with E-state index in [0.717, 1.165) is 5.56 Å². The third kappa shape index (κ3) is 3.85. The second-order valence-electron chi connectivity index (χ2n) is 4.88. The Labute approximate surface area is 119 Å². The van der Waals surface area contributed by atoms with E-state index in [1.54, 1.807) is 19.2 Å². The van der Waals surface area contributed by atoms with Gasteiger partial charge in [0, 0.05) is 17.6 Å². The maximum Gasteiger partial charge on any atom is 0.229 e. The van der Waals surface area contributed by atoms with E-state index >= 15 is 0 Å². The largest absolute Gasteiger partial charge is 0.495 e. The first-order valence-electron chi connectivity index (χ1n) is 6.25. The highest BCUT2D eigenvalue weighted by atomic mass is 35.5. The van der Waals surface area contributed by atoms with Gasteiger partial charge in [-0.05, 0) is 24.5 Å². The number of nitrogens with two attached hydrogens (primary N) is 1. The molecular weight excluding hydrogens is 264 g/mol. The normalized spacial score (nSPS) is 12.4. The number of nitrogens with one attached hydrogen (secondary N) is 1. The minimum Gasteiger partial charge on any atom is -0.495 e. The first-order valence-corrected chi connectivity index (χ1v) is 6.63. The van der Waals surface area contributed by atoms with E-state index in [9.17, 15) is 4.79 Å². The summed E-state index contributed by atoms with van der Waals surface area (Å²) in [5.41, 5.74) is 7.14. The monoisotopic (exact) mass is 284 g/mol. The Morgan fingerprint density at radius 2 is 2.11 bits per heavy atom. The molecule has 1 aromatic carbocycles. The lowest BCUT2D eigenvalue weighted by Gasteiger charge is -2.19. The molecule has 0 radical (unpaired) electrons. The van der Waals surface area contributed by atoms with E-state index in [0.29, 0.717) is 23.0 Å². The summed E-state index contributed by atoms with van der Waals surface area (Å²) in [5.74, 6) is 0.408. The van der Waals surface area contributed by atoms with Crippen LogP contribution >= 0.6 is 11.6 Å². The van der Waals surface area contributed by atoms with Gasteiger partial charge in [-0.1, -0.05) is 25.4 Å². The molecule has 5 heteroatoms. The predicted octanol–water partition coefficient (Wildman–Crippen LogP) is 2.83. The Hall–Kier alpha value is -1.26. The molecule has 0 aliphatic rings. The fourth-order valence-electron chi connectivity index (χ4n) is 1.84. The van der Waals surface area contributed by atoms with Gasteiger partial charge in [0.05, 0.1) is 18.7 Å². The molecule has 4 nitrogen and oxygen atoms in total. The summed E-state index contributed by atoms with van der Waals surface area (Å²) in [5, 5.41) is 3.46. The van der Waals surface area contributed by atoms with Crippen LogP contribution in [0.15, 0.2) is 12.1 Å². The van der Waals surface area contributed by atoms with E-state index in [-0.39, 0.29) is 17.7 Å². The van der Waals surface area contributed by atoms with Gasteiger partial charge in [-0.25, -0.2) is 0 Å². The smallest absolute Gasteiger partial charge is 0.229 e. The SMILES string of the molecule is COc1cc(Cl)c(C)cc1NC(=O)C(CN)C(C)C. The van der Waals surface area contributed by atoms with Crippen LogP contribution in [0.4, 0.5) is 5.69 Å². The molecule has 0 aliphatic carbocycles. The molecular formula is C14H21ClN2O2. The zero-order valence-electron chi connectivity index (χ0n) is 11.8. The zero-order valence-corrected chi connectivity index (χ0v) is 12.5. The Bertz CT molecular complexity index is 461. The molecule has 0 saturated carbocycles. The molecule has 0 saturated heterocycles. The van der Waals surface area contributed by atoms with Gasteiger partial charge < -0.3 is 15.8 Å². The van der Waals surface area contributed by atoms with Crippen molar-refractivity contribution in [2.24, 2.45) is 17.6 Å². The lowest BCUT2D eigenvalue weighted by Crippen LogP contribution is -2.33. The Morgan fingerprint density at radius 1 is 1.47 bits per heavy atom. The molecule has 0 bridgehead atoms. The number of hydrogen-bond acceptors (Lipinski definition) is 3. The van der Waals surface area contributed by atoms with Crippen LogP contribution in [0.2, 0.25) is 5.02 Å². The first kappa shape index (κ1) is 15.8. The number of ether oxygens (including phenoxy) is 1. The fraction of sp³-hybridized carbons (Fsp3) is 0.500. The molecule has 1 amide bonds. The van der Waals surface area contributed by atoms with Gasteiger partial charge in [0.15, 0.2) is 0 Å². The molecule has 0 heterocycles. The number of methoxy groups -OCH3 is 1. The molecule has 106 valence electrons. The molecule has 1 unspecified atom stereocenters. The number of anilines is 1. The van der Waals surface area contributed by atoms with Crippen LogP contribution in [0.3, 0.4) is 0 Å². The van der Waals surface area contributed by atoms with Gasteiger partial charge in [0.25, 0.3) is 0 Å². The van der Waals surface area contributed by atoms with Gasteiger partial charge >= 0.3 is 0 Å². The lowest BCUT2D eigenvalue weighted by atomic mass is 9.95. The van der Waals surface area contributed by atoms with E-state index in [2.05, 4.69) is 5.32 Å². The average Bonchev–Trinajstić information content (AvgIpc) is 2.33. The third-order valence-electron chi connectivity index (χ3n) is 3.13. The average molecular weight is 285 g/mol. The van der Waals surface area contributed by atoms with Gasteiger partial charge in [-0.15, -0.1) is 0 Å². The molecule has 1 atom stereocenters. The highest BCUT2D eigenvalue weighted by molar-refractivity contribution is 6.31. The van der Waals surface area contributed by atoms with Crippen molar-refractivity contribution in [1.82, 2.24) is 0 Å². The molecule has 3 N–H and O–H groups in total. The van der Waals surface area contributed by atoms with Crippen molar-refractivity contribution in [1.29, 1.82) is 0 Å². The van der Waals surface area contributed by atoms with E-state index in [1.807, 2.05) is 20.8 Å². The molecule has 0 aromatic heterocycles. The van der Waals surface area contributed by atoms with Crippen LogP contribution in [0, 0.1) is 18.8 Å². The number of halogens is 1. The van der Waals surface area contributed by atoms with Crippen LogP contribution in [-0.4, -0.2) is 19.6 Å². The summed E-state index contributed by atoms with van der Waals surface area (Å²) in [7, 11) is 1.54. The maximum atomic E-state index is 12.2. The Balaban J connectivity index is 2.98. The predicted molar refractivity (Wildman–Crippen MR) is 78.8 cm³/mol. The molecule has 19 heavy (non-hydrogen) atoms. The number of aryl methyl sites for hydroxylation is 1. The fourth-order valence-corrected chi connectivity index (χ4v) is 1.99. The Morgan fingerprint density at radius 3 is 2.58 bits per heavy atom. The highest BCUT2D eigenvalue weighted by Crippen LogP contribution is 2.31. The van der Waals surface area contributed by atoms with Crippen molar-refractivity contribution < 1.29 is 9.53 Å². The zero-order chi connectivity index (χ0) is 14.6. The van der Waals surface area contributed by atoms with E-state index in [4.69, 9.17) is 22.1 Å². The second-order valence-corrected chi connectivity index (χ2v) is 5.28. The number of benzene rings is 1. The minimum atomic E-state index is -0.222. The summed E-state index contributed by atoms with van der Waals surface area (Å²) in [4.78, 5) is 12.2. The highest BCUT2D eigenvalue weighted by Gasteiger charge is 2.21. The lowest BCUT2D eigenvalue weighted by molar-refractivity contribution is -0.120. The van der Waals surface area contributed by atoms with E-state index < -0.39 is 0 Å². The van der Waals surface area contributed by atoms with Crippen molar-refractivity contribution >= 4 is 23.2 Å². The number of carbonyl (C=O) groups is 1.